The highest BCUT2D eigenvalue weighted by Gasteiger charge is 2.14. The van der Waals surface area contributed by atoms with Crippen LogP contribution in [0, 0.1) is 6.92 Å². The van der Waals surface area contributed by atoms with Crippen molar-refractivity contribution < 1.29 is 14.4 Å². The summed E-state index contributed by atoms with van der Waals surface area (Å²) < 4.78 is 0. The molecule has 2 N–H and O–H groups in total. The Kier molecular flexibility index (Phi) is 5.13. The van der Waals surface area contributed by atoms with E-state index in [4.69, 9.17) is 11.6 Å². The van der Waals surface area contributed by atoms with Crippen LogP contribution in [0.2, 0.25) is 5.02 Å². The third kappa shape index (κ3) is 4.40. The SMILES string of the molecule is CC(=O)c1ccc(NC(=O)C(=O)Nc2ccc(C)c(Cl)c2)cc1. The number of aryl methyl sites for hydroxylation is 1. The number of nitrogens with one attached hydrogen (secondary N) is 2. The number of hydrogen-bond donors (Lipinski definition) is 2. The number of rotatable bonds is 3. The molecule has 0 unspecified atom stereocenters. The zero-order valence-electron chi connectivity index (χ0n) is 12.6. The molecule has 0 spiro atoms. The molecule has 2 amide bonds. The molecular weight excluding hydrogens is 316 g/mol. The van der Waals surface area contributed by atoms with Crippen LogP contribution in [0.3, 0.4) is 0 Å². The van der Waals surface area contributed by atoms with Crippen LogP contribution >= 0.6 is 11.6 Å². The first-order chi connectivity index (χ1) is 10.9. The van der Waals surface area contributed by atoms with Gasteiger partial charge in [-0.3, -0.25) is 14.4 Å². The Bertz CT molecular complexity index is 770. The van der Waals surface area contributed by atoms with Crippen LogP contribution < -0.4 is 10.6 Å². The van der Waals surface area contributed by atoms with Crippen molar-refractivity contribution in [2.24, 2.45) is 0 Å². The molecule has 5 nitrogen and oxygen atoms in total. The molecule has 6 heteroatoms. The van der Waals surface area contributed by atoms with Crippen molar-refractivity contribution in [2.45, 2.75) is 13.8 Å². The van der Waals surface area contributed by atoms with Gasteiger partial charge in [0.1, 0.15) is 0 Å². The average molecular weight is 331 g/mol. The predicted octanol–water partition coefficient (Wildman–Crippen LogP) is 3.43. The molecule has 23 heavy (non-hydrogen) atoms. The van der Waals surface area contributed by atoms with Crippen molar-refractivity contribution in [3.8, 4) is 0 Å². The molecule has 0 fully saturated rings. The number of Topliss-reactive ketones (excluding diaryl/α,β-unsaturated/α-hetero) is 1. The largest absolute Gasteiger partial charge is 0.318 e. The zero-order chi connectivity index (χ0) is 17.0. The fourth-order valence-corrected chi connectivity index (χ4v) is 2.02. The van der Waals surface area contributed by atoms with Crippen LogP contribution in [0.1, 0.15) is 22.8 Å². The molecule has 0 saturated heterocycles. The maximum absolute atomic E-state index is 11.9. The fraction of sp³-hybridized carbons (Fsp3) is 0.118. The van der Waals surface area contributed by atoms with Crippen molar-refractivity contribution in [3.05, 3.63) is 58.6 Å². The van der Waals surface area contributed by atoms with Gasteiger partial charge in [-0.05, 0) is 55.8 Å². The van der Waals surface area contributed by atoms with Gasteiger partial charge in [0, 0.05) is 22.0 Å². The van der Waals surface area contributed by atoms with Crippen LogP contribution in [0.25, 0.3) is 0 Å². The Morgan fingerprint density at radius 1 is 0.870 bits per heavy atom. The summed E-state index contributed by atoms with van der Waals surface area (Å²) in [6.45, 7) is 3.29. The second kappa shape index (κ2) is 7.07. The minimum Gasteiger partial charge on any atom is -0.318 e. The standard InChI is InChI=1S/C17H15ClN2O3/c1-10-3-6-14(9-15(10)18)20-17(23)16(22)19-13-7-4-12(5-8-13)11(2)21/h3-9H,1-2H3,(H,19,22)(H,20,23). The molecule has 2 rings (SSSR count). The second-order valence-corrected chi connectivity index (χ2v) is 5.41. The summed E-state index contributed by atoms with van der Waals surface area (Å²) in [5.41, 5.74) is 2.27. The molecule has 0 aromatic heterocycles. The summed E-state index contributed by atoms with van der Waals surface area (Å²) in [6, 6.07) is 11.3. The van der Waals surface area contributed by atoms with E-state index in [0.29, 0.717) is 22.0 Å². The number of carbonyl (C=O) groups is 3. The van der Waals surface area contributed by atoms with E-state index in [9.17, 15) is 14.4 Å². The highest BCUT2D eigenvalue weighted by molar-refractivity contribution is 6.43. The summed E-state index contributed by atoms with van der Waals surface area (Å²) >= 11 is 5.97. The maximum atomic E-state index is 11.9. The smallest absolute Gasteiger partial charge is 0.314 e. The van der Waals surface area contributed by atoms with Gasteiger partial charge < -0.3 is 10.6 Å². The second-order valence-electron chi connectivity index (χ2n) is 5.01. The van der Waals surface area contributed by atoms with Crippen LogP contribution in [0.5, 0.6) is 0 Å². The highest BCUT2D eigenvalue weighted by Crippen LogP contribution is 2.20. The third-order valence-corrected chi connectivity index (χ3v) is 3.59. The van der Waals surface area contributed by atoms with Gasteiger partial charge in [0.2, 0.25) is 0 Å². The van der Waals surface area contributed by atoms with Gasteiger partial charge in [-0.2, -0.15) is 0 Å². The Morgan fingerprint density at radius 2 is 1.39 bits per heavy atom. The fourth-order valence-electron chi connectivity index (χ4n) is 1.83. The summed E-state index contributed by atoms with van der Waals surface area (Å²) in [6.07, 6.45) is 0. The molecule has 0 saturated carbocycles. The number of ketones is 1. The zero-order valence-corrected chi connectivity index (χ0v) is 13.4. The van der Waals surface area contributed by atoms with Crippen molar-refractivity contribution in [1.29, 1.82) is 0 Å². The van der Waals surface area contributed by atoms with E-state index in [-0.39, 0.29) is 5.78 Å². The van der Waals surface area contributed by atoms with E-state index in [1.807, 2.05) is 6.92 Å². The van der Waals surface area contributed by atoms with Gasteiger partial charge >= 0.3 is 11.8 Å². The van der Waals surface area contributed by atoms with Crippen LogP contribution in [-0.4, -0.2) is 17.6 Å². The van der Waals surface area contributed by atoms with Crippen LogP contribution in [-0.2, 0) is 9.59 Å². The highest BCUT2D eigenvalue weighted by atomic mass is 35.5. The number of hydrogen-bond acceptors (Lipinski definition) is 3. The Labute approximate surface area is 138 Å². The summed E-state index contributed by atoms with van der Waals surface area (Å²) in [4.78, 5) is 34.9. The first-order valence-electron chi connectivity index (χ1n) is 6.86. The third-order valence-electron chi connectivity index (χ3n) is 3.19. The van der Waals surface area contributed by atoms with E-state index >= 15 is 0 Å². The van der Waals surface area contributed by atoms with Gasteiger partial charge in [-0.15, -0.1) is 0 Å². The molecule has 2 aromatic carbocycles. The number of anilines is 2. The average Bonchev–Trinajstić information content (AvgIpc) is 2.51. The van der Waals surface area contributed by atoms with Crippen molar-refractivity contribution >= 4 is 40.6 Å². The number of benzene rings is 2. The van der Waals surface area contributed by atoms with Gasteiger partial charge in [0.05, 0.1) is 0 Å². The van der Waals surface area contributed by atoms with E-state index in [2.05, 4.69) is 10.6 Å². The van der Waals surface area contributed by atoms with E-state index < -0.39 is 11.8 Å². The molecule has 0 radical (unpaired) electrons. The Hall–Kier alpha value is -2.66. The molecule has 0 heterocycles. The monoisotopic (exact) mass is 330 g/mol. The van der Waals surface area contributed by atoms with E-state index in [1.165, 1.54) is 6.92 Å². The first-order valence-corrected chi connectivity index (χ1v) is 7.24. The Balaban J connectivity index is 2.00. The topological polar surface area (TPSA) is 75.3 Å². The minimum absolute atomic E-state index is 0.0723. The maximum Gasteiger partial charge on any atom is 0.314 e. The van der Waals surface area contributed by atoms with E-state index in [0.717, 1.165) is 5.56 Å². The van der Waals surface area contributed by atoms with Gasteiger partial charge in [-0.25, -0.2) is 0 Å². The molecule has 0 aliphatic heterocycles. The summed E-state index contributed by atoms with van der Waals surface area (Å²) in [7, 11) is 0. The number of amides is 2. The molecule has 0 atom stereocenters. The molecular formula is C17H15ClN2O3. The van der Waals surface area contributed by atoms with Crippen molar-refractivity contribution in [3.63, 3.8) is 0 Å². The lowest BCUT2D eigenvalue weighted by molar-refractivity contribution is -0.132. The lowest BCUT2D eigenvalue weighted by atomic mass is 10.1. The normalized spacial score (nSPS) is 10.0. The van der Waals surface area contributed by atoms with Gasteiger partial charge in [0.25, 0.3) is 0 Å². The van der Waals surface area contributed by atoms with Gasteiger partial charge in [0.15, 0.2) is 5.78 Å². The summed E-state index contributed by atoms with van der Waals surface area (Å²) in [5, 5.41) is 5.43. The predicted molar refractivity (Wildman–Crippen MR) is 89.9 cm³/mol. The van der Waals surface area contributed by atoms with Crippen molar-refractivity contribution in [2.75, 3.05) is 10.6 Å². The molecule has 118 valence electrons. The lowest BCUT2D eigenvalue weighted by Gasteiger charge is -2.08. The Morgan fingerprint density at radius 3 is 1.91 bits per heavy atom. The number of carbonyl (C=O) groups excluding carboxylic acids is 3. The quantitative estimate of drug-likeness (QED) is 0.668. The molecule has 0 bridgehead atoms. The van der Waals surface area contributed by atoms with E-state index in [1.54, 1.807) is 42.5 Å². The molecule has 2 aromatic rings. The number of halogens is 1. The molecule has 0 aliphatic carbocycles. The van der Waals surface area contributed by atoms with Gasteiger partial charge in [-0.1, -0.05) is 17.7 Å². The summed E-state index contributed by atoms with van der Waals surface area (Å²) in [5.74, 6) is -1.69. The first kappa shape index (κ1) is 16.7. The van der Waals surface area contributed by atoms with Crippen molar-refractivity contribution in [1.82, 2.24) is 0 Å². The lowest BCUT2D eigenvalue weighted by Crippen LogP contribution is -2.29. The van der Waals surface area contributed by atoms with Crippen LogP contribution in [0.4, 0.5) is 11.4 Å². The minimum atomic E-state index is -0.808. The molecule has 0 aliphatic rings. The van der Waals surface area contributed by atoms with Crippen LogP contribution in [0.15, 0.2) is 42.5 Å².